The largest absolute Gasteiger partial charge is 0.350 e. The minimum absolute atomic E-state index is 0.0639. The molecule has 0 fully saturated rings. The molecule has 1 aliphatic rings. The molecule has 0 spiro atoms. The summed E-state index contributed by atoms with van der Waals surface area (Å²) in [7, 11) is 0.563. The van der Waals surface area contributed by atoms with Crippen LogP contribution in [0.2, 0.25) is 5.02 Å². The maximum atomic E-state index is 12.8. The molecule has 0 saturated carbocycles. The topological polar surface area (TPSA) is 69.7 Å². The monoisotopic (exact) mass is 435 g/mol. The van der Waals surface area contributed by atoms with Crippen LogP contribution in [0.1, 0.15) is 33.9 Å². The van der Waals surface area contributed by atoms with E-state index >= 15 is 0 Å². The predicted molar refractivity (Wildman–Crippen MR) is 117 cm³/mol. The number of aryl methyl sites for hydroxylation is 1. The van der Waals surface area contributed by atoms with Crippen LogP contribution >= 0.6 is 11.6 Å². The number of halogens is 1. The lowest BCUT2D eigenvalue weighted by atomic mass is 10.0. The van der Waals surface area contributed by atoms with Crippen molar-refractivity contribution in [1.82, 2.24) is 10.2 Å². The third-order valence-electron chi connectivity index (χ3n) is 5.16. The highest BCUT2D eigenvalue weighted by atomic mass is 35.5. The molecule has 1 heterocycles. The van der Waals surface area contributed by atoms with E-state index in [0.29, 0.717) is 29.4 Å². The van der Waals surface area contributed by atoms with Gasteiger partial charge in [0, 0.05) is 23.7 Å². The summed E-state index contributed by atoms with van der Waals surface area (Å²) in [4.78, 5) is 14.8. The summed E-state index contributed by atoms with van der Waals surface area (Å²) < 4.78 is 25.4. The van der Waals surface area contributed by atoms with Crippen molar-refractivity contribution in [3.05, 3.63) is 64.2 Å². The number of anilines is 1. The van der Waals surface area contributed by atoms with Crippen LogP contribution < -0.4 is 9.62 Å². The van der Waals surface area contributed by atoms with Crippen molar-refractivity contribution >= 4 is 33.2 Å². The number of sulfonamides is 1. The van der Waals surface area contributed by atoms with E-state index < -0.39 is 10.0 Å². The Hall–Kier alpha value is -2.09. The SMILES string of the molecule is CN(C)C(CNC(=O)c1ccc2c(c1)CCCN2S(C)(=O)=O)c1ccccc1Cl. The molecule has 3 rings (SSSR count). The normalized spacial score (nSPS) is 15.1. The van der Waals surface area contributed by atoms with Crippen molar-refractivity contribution in [3.63, 3.8) is 0 Å². The maximum absolute atomic E-state index is 12.8. The van der Waals surface area contributed by atoms with Gasteiger partial charge in [-0.1, -0.05) is 29.8 Å². The molecule has 1 N–H and O–H groups in total. The fraction of sp³-hybridized carbons (Fsp3) is 0.381. The van der Waals surface area contributed by atoms with Crippen LogP contribution in [-0.2, 0) is 16.4 Å². The molecule has 0 aromatic heterocycles. The van der Waals surface area contributed by atoms with Crippen LogP contribution in [0, 0.1) is 0 Å². The number of likely N-dealkylation sites (N-methyl/N-ethyl adjacent to an activating group) is 1. The van der Waals surface area contributed by atoms with Crippen molar-refractivity contribution in [1.29, 1.82) is 0 Å². The maximum Gasteiger partial charge on any atom is 0.251 e. The standard InChI is InChI=1S/C21H26ClN3O3S/c1-24(2)20(17-8-4-5-9-18(17)22)14-23-21(26)16-10-11-19-15(13-16)7-6-12-25(19)29(3,27)28/h4-5,8-11,13,20H,6-7,12,14H2,1-3H3,(H,23,26). The van der Waals surface area contributed by atoms with Crippen molar-refractivity contribution < 1.29 is 13.2 Å². The number of fused-ring (bicyclic) bond motifs is 1. The Morgan fingerprint density at radius 2 is 1.97 bits per heavy atom. The molecule has 1 amide bonds. The zero-order chi connectivity index (χ0) is 21.2. The molecular weight excluding hydrogens is 410 g/mol. The quantitative estimate of drug-likeness (QED) is 0.757. The molecule has 156 valence electrons. The molecule has 0 radical (unpaired) electrons. The van der Waals surface area contributed by atoms with E-state index in [9.17, 15) is 13.2 Å². The van der Waals surface area contributed by atoms with Crippen LogP contribution in [0.3, 0.4) is 0 Å². The van der Waals surface area contributed by atoms with Gasteiger partial charge in [0.05, 0.1) is 18.0 Å². The second-order valence-electron chi connectivity index (χ2n) is 7.49. The number of nitrogens with one attached hydrogen (secondary N) is 1. The Morgan fingerprint density at radius 3 is 2.62 bits per heavy atom. The smallest absolute Gasteiger partial charge is 0.251 e. The van der Waals surface area contributed by atoms with Crippen molar-refractivity contribution in [3.8, 4) is 0 Å². The Labute approximate surface area is 177 Å². The second-order valence-corrected chi connectivity index (χ2v) is 9.81. The summed E-state index contributed by atoms with van der Waals surface area (Å²) in [5, 5.41) is 3.65. The number of carbonyl (C=O) groups excluding carboxylic acids is 1. The van der Waals surface area contributed by atoms with Crippen LogP contribution in [0.4, 0.5) is 5.69 Å². The summed E-state index contributed by atoms with van der Waals surface area (Å²) in [5.41, 5.74) is 3.02. The number of rotatable bonds is 6. The second kappa shape index (κ2) is 8.73. The highest BCUT2D eigenvalue weighted by Crippen LogP contribution is 2.30. The first-order chi connectivity index (χ1) is 13.7. The molecule has 2 aromatic rings. The molecule has 1 aliphatic heterocycles. The summed E-state index contributed by atoms with van der Waals surface area (Å²) in [6, 6.07) is 12.7. The van der Waals surface area contributed by atoms with Gasteiger partial charge in [0.1, 0.15) is 0 Å². The number of hydrogen-bond acceptors (Lipinski definition) is 4. The molecule has 1 unspecified atom stereocenters. The zero-order valence-electron chi connectivity index (χ0n) is 16.9. The zero-order valence-corrected chi connectivity index (χ0v) is 18.4. The number of hydrogen-bond donors (Lipinski definition) is 1. The van der Waals surface area contributed by atoms with E-state index in [1.165, 1.54) is 10.6 Å². The van der Waals surface area contributed by atoms with Crippen molar-refractivity contribution in [2.75, 3.05) is 37.7 Å². The fourth-order valence-corrected chi connectivity index (χ4v) is 4.91. The minimum Gasteiger partial charge on any atom is -0.350 e. The van der Waals surface area contributed by atoms with Gasteiger partial charge >= 0.3 is 0 Å². The molecule has 29 heavy (non-hydrogen) atoms. The first-order valence-corrected chi connectivity index (χ1v) is 11.7. The molecule has 6 nitrogen and oxygen atoms in total. The van der Waals surface area contributed by atoms with E-state index in [-0.39, 0.29) is 11.9 Å². The highest BCUT2D eigenvalue weighted by Gasteiger charge is 2.25. The van der Waals surface area contributed by atoms with Gasteiger partial charge in [-0.2, -0.15) is 0 Å². The lowest BCUT2D eigenvalue weighted by molar-refractivity contribution is 0.0942. The van der Waals surface area contributed by atoms with Crippen LogP contribution in [0.5, 0.6) is 0 Å². The van der Waals surface area contributed by atoms with Gasteiger partial charge in [-0.05, 0) is 62.3 Å². The first-order valence-electron chi connectivity index (χ1n) is 9.48. The lowest BCUT2D eigenvalue weighted by Crippen LogP contribution is -2.36. The molecular formula is C21H26ClN3O3S. The van der Waals surface area contributed by atoms with Crippen LogP contribution in [0.15, 0.2) is 42.5 Å². The third kappa shape index (κ3) is 4.91. The molecule has 0 bridgehead atoms. The first kappa shape index (κ1) is 21.6. The Kier molecular flexibility index (Phi) is 6.51. The van der Waals surface area contributed by atoms with Gasteiger partial charge in [0.25, 0.3) is 5.91 Å². The van der Waals surface area contributed by atoms with E-state index in [1.807, 2.05) is 43.3 Å². The van der Waals surface area contributed by atoms with Gasteiger partial charge in [-0.25, -0.2) is 8.42 Å². The minimum atomic E-state index is -3.32. The number of carbonyl (C=O) groups is 1. The highest BCUT2D eigenvalue weighted by molar-refractivity contribution is 7.92. The van der Waals surface area contributed by atoms with Gasteiger partial charge < -0.3 is 10.2 Å². The number of amides is 1. The predicted octanol–water partition coefficient (Wildman–Crippen LogP) is 3.08. The molecule has 0 aliphatic carbocycles. The average Bonchev–Trinajstić information content (AvgIpc) is 2.67. The number of nitrogens with zero attached hydrogens (tertiary/aromatic N) is 2. The summed E-state index contributed by atoms with van der Waals surface area (Å²) in [5.74, 6) is -0.191. The molecule has 8 heteroatoms. The van der Waals surface area contributed by atoms with Crippen molar-refractivity contribution in [2.45, 2.75) is 18.9 Å². The van der Waals surface area contributed by atoms with E-state index in [4.69, 9.17) is 11.6 Å². The third-order valence-corrected chi connectivity index (χ3v) is 6.69. The fourth-order valence-electron chi connectivity index (χ4n) is 3.66. The van der Waals surface area contributed by atoms with Crippen molar-refractivity contribution in [2.24, 2.45) is 0 Å². The molecule has 0 saturated heterocycles. The Balaban J connectivity index is 1.77. The summed E-state index contributed by atoms with van der Waals surface area (Å²) in [6.07, 6.45) is 2.70. The Bertz CT molecular complexity index is 1010. The van der Waals surface area contributed by atoms with Gasteiger partial charge in [0.15, 0.2) is 0 Å². The Morgan fingerprint density at radius 1 is 1.24 bits per heavy atom. The molecule has 2 aromatic carbocycles. The van der Waals surface area contributed by atoms with Crippen LogP contribution in [0.25, 0.3) is 0 Å². The van der Waals surface area contributed by atoms with E-state index in [1.54, 1.807) is 18.2 Å². The van der Waals surface area contributed by atoms with Gasteiger partial charge in [0.2, 0.25) is 10.0 Å². The van der Waals surface area contributed by atoms with Gasteiger partial charge in [-0.3, -0.25) is 9.10 Å². The van der Waals surface area contributed by atoms with Gasteiger partial charge in [-0.15, -0.1) is 0 Å². The lowest BCUT2D eigenvalue weighted by Gasteiger charge is -2.29. The van der Waals surface area contributed by atoms with E-state index in [0.717, 1.165) is 24.0 Å². The van der Waals surface area contributed by atoms with E-state index in [2.05, 4.69) is 5.32 Å². The summed E-state index contributed by atoms with van der Waals surface area (Å²) >= 11 is 6.33. The molecule has 1 atom stereocenters. The summed E-state index contributed by atoms with van der Waals surface area (Å²) in [6.45, 7) is 0.877. The van der Waals surface area contributed by atoms with Crippen LogP contribution in [-0.4, -0.2) is 52.7 Å². The number of benzene rings is 2. The average molecular weight is 436 g/mol.